The fraction of sp³-hybridized carbons (Fsp3) is 0.600. The molecule has 1 rings (SSSR count). The van der Waals surface area contributed by atoms with Crippen molar-refractivity contribution in [3.8, 4) is 5.75 Å². The number of ether oxygens (including phenoxy) is 1. The molecule has 0 amide bonds. The minimum Gasteiger partial charge on any atom is -0.491 e. The van der Waals surface area contributed by atoms with Crippen LogP contribution in [0.3, 0.4) is 0 Å². The van der Waals surface area contributed by atoms with Crippen LogP contribution in [0.15, 0.2) is 24.3 Å². The van der Waals surface area contributed by atoms with Crippen LogP contribution in [-0.2, 0) is 0 Å². The predicted molar refractivity (Wildman–Crippen MR) is 74.9 cm³/mol. The Morgan fingerprint density at radius 2 is 1.78 bits per heavy atom. The minimum atomic E-state index is -0.795. The highest BCUT2D eigenvalue weighted by atomic mass is 16.5. The monoisotopic (exact) mass is 251 g/mol. The molecule has 0 saturated carbocycles. The second-order valence-electron chi connectivity index (χ2n) is 5.38. The molecular formula is C15H25NO2. The second kappa shape index (κ2) is 6.21. The Morgan fingerprint density at radius 3 is 2.22 bits per heavy atom. The van der Waals surface area contributed by atoms with Gasteiger partial charge in [0.1, 0.15) is 12.4 Å². The molecule has 0 heterocycles. The third kappa shape index (κ3) is 4.00. The maximum atomic E-state index is 10.1. The zero-order valence-corrected chi connectivity index (χ0v) is 12.0. The number of nitrogens with one attached hydrogen (secondary N) is 1. The molecule has 2 N–H and O–H groups in total. The first kappa shape index (κ1) is 15.0. The Balaban J connectivity index is 2.59. The summed E-state index contributed by atoms with van der Waals surface area (Å²) in [6.07, 6.45) is 0. The molecule has 0 saturated heterocycles. The van der Waals surface area contributed by atoms with Crippen molar-refractivity contribution in [3.05, 3.63) is 29.8 Å². The van der Waals surface area contributed by atoms with Crippen LogP contribution in [0.2, 0.25) is 0 Å². The van der Waals surface area contributed by atoms with Crippen molar-refractivity contribution in [2.45, 2.75) is 39.3 Å². The van der Waals surface area contributed by atoms with Gasteiger partial charge in [-0.25, -0.2) is 0 Å². The van der Waals surface area contributed by atoms with Gasteiger partial charge in [0.15, 0.2) is 0 Å². The van der Waals surface area contributed by atoms with Crippen molar-refractivity contribution >= 4 is 0 Å². The van der Waals surface area contributed by atoms with Crippen molar-refractivity contribution in [3.63, 3.8) is 0 Å². The zero-order chi connectivity index (χ0) is 13.8. The third-order valence-corrected chi connectivity index (χ3v) is 3.59. The Morgan fingerprint density at radius 1 is 1.22 bits per heavy atom. The van der Waals surface area contributed by atoms with Crippen molar-refractivity contribution in [2.75, 3.05) is 13.7 Å². The predicted octanol–water partition coefficient (Wildman–Crippen LogP) is 2.75. The van der Waals surface area contributed by atoms with Gasteiger partial charge in [0.25, 0.3) is 0 Å². The van der Waals surface area contributed by atoms with Crippen LogP contribution in [0.1, 0.15) is 39.3 Å². The van der Waals surface area contributed by atoms with Gasteiger partial charge >= 0.3 is 0 Å². The van der Waals surface area contributed by atoms with Crippen LogP contribution < -0.4 is 10.1 Å². The first-order valence-corrected chi connectivity index (χ1v) is 6.49. The highest BCUT2D eigenvalue weighted by Gasteiger charge is 2.25. The van der Waals surface area contributed by atoms with Crippen molar-refractivity contribution in [1.29, 1.82) is 0 Å². The number of aliphatic hydroxyl groups is 1. The molecule has 2 unspecified atom stereocenters. The minimum absolute atomic E-state index is 0.168. The van der Waals surface area contributed by atoms with Crippen LogP contribution in [-0.4, -0.2) is 24.4 Å². The summed E-state index contributed by atoms with van der Waals surface area (Å²) < 4.78 is 5.63. The molecule has 0 fully saturated rings. The lowest BCUT2D eigenvalue weighted by atomic mass is 9.94. The Bertz CT molecular complexity index is 357. The van der Waals surface area contributed by atoms with Crippen LogP contribution in [0, 0.1) is 5.92 Å². The van der Waals surface area contributed by atoms with E-state index in [1.807, 2.05) is 45.2 Å². The molecule has 1 aromatic carbocycles. The first-order chi connectivity index (χ1) is 8.36. The fourth-order valence-electron chi connectivity index (χ4n) is 1.42. The Kier molecular flexibility index (Phi) is 5.17. The molecule has 0 radical (unpaired) electrons. The summed E-state index contributed by atoms with van der Waals surface area (Å²) in [7, 11) is 1.94. The lowest BCUT2D eigenvalue weighted by Gasteiger charge is -2.27. The highest BCUT2D eigenvalue weighted by molar-refractivity contribution is 5.29. The lowest BCUT2D eigenvalue weighted by molar-refractivity contribution is -0.0266. The maximum Gasteiger partial charge on any atom is 0.119 e. The molecule has 3 heteroatoms. The van der Waals surface area contributed by atoms with Gasteiger partial charge in [-0.3, -0.25) is 0 Å². The summed E-state index contributed by atoms with van der Waals surface area (Å²) in [6.45, 7) is 8.20. The summed E-state index contributed by atoms with van der Waals surface area (Å²) in [4.78, 5) is 0. The van der Waals surface area contributed by atoms with Gasteiger partial charge in [0.2, 0.25) is 0 Å². The van der Waals surface area contributed by atoms with Gasteiger partial charge in [-0.05, 0) is 44.5 Å². The van der Waals surface area contributed by atoms with E-state index in [2.05, 4.69) is 12.2 Å². The van der Waals surface area contributed by atoms with Crippen LogP contribution in [0.4, 0.5) is 0 Å². The summed E-state index contributed by atoms with van der Waals surface area (Å²) >= 11 is 0. The maximum absolute atomic E-state index is 10.1. The molecule has 102 valence electrons. The topological polar surface area (TPSA) is 41.5 Å². The van der Waals surface area contributed by atoms with E-state index < -0.39 is 5.60 Å². The average Bonchev–Trinajstić information content (AvgIpc) is 2.36. The van der Waals surface area contributed by atoms with E-state index in [9.17, 15) is 5.11 Å². The van der Waals surface area contributed by atoms with Gasteiger partial charge < -0.3 is 15.2 Å². The van der Waals surface area contributed by atoms with Gasteiger partial charge in [-0.2, -0.15) is 0 Å². The number of rotatable bonds is 6. The average molecular weight is 251 g/mol. The molecule has 18 heavy (non-hydrogen) atoms. The highest BCUT2D eigenvalue weighted by Crippen LogP contribution is 2.21. The van der Waals surface area contributed by atoms with Gasteiger partial charge in [0.05, 0.1) is 5.60 Å². The van der Waals surface area contributed by atoms with E-state index in [1.54, 1.807) is 6.92 Å². The van der Waals surface area contributed by atoms with Crippen molar-refractivity contribution in [1.82, 2.24) is 5.32 Å². The molecule has 0 aromatic heterocycles. The smallest absolute Gasteiger partial charge is 0.119 e. The SMILES string of the molecule is CNC(C)c1ccc(OCC(C)(O)C(C)C)cc1. The van der Waals surface area contributed by atoms with Gasteiger partial charge in [0, 0.05) is 6.04 Å². The third-order valence-electron chi connectivity index (χ3n) is 3.59. The molecule has 1 aromatic rings. The summed E-state index contributed by atoms with van der Waals surface area (Å²) in [5.74, 6) is 0.962. The van der Waals surface area contributed by atoms with E-state index in [-0.39, 0.29) is 5.92 Å². The zero-order valence-electron chi connectivity index (χ0n) is 12.0. The largest absolute Gasteiger partial charge is 0.491 e. The molecule has 0 spiro atoms. The van der Waals surface area contributed by atoms with Crippen molar-refractivity contribution < 1.29 is 9.84 Å². The van der Waals surface area contributed by atoms with E-state index >= 15 is 0 Å². The van der Waals surface area contributed by atoms with E-state index in [1.165, 1.54) is 5.56 Å². The number of benzene rings is 1. The summed E-state index contributed by atoms with van der Waals surface area (Å²) in [5, 5.41) is 13.3. The number of hydrogen-bond acceptors (Lipinski definition) is 3. The quantitative estimate of drug-likeness (QED) is 0.817. The standard InChI is InChI=1S/C15H25NO2/c1-11(2)15(4,17)10-18-14-8-6-13(7-9-14)12(3)16-5/h6-9,11-12,16-17H,10H2,1-5H3. The molecule has 3 nitrogen and oxygen atoms in total. The summed E-state index contributed by atoms with van der Waals surface area (Å²) in [5.41, 5.74) is 0.428. The second-order valence-corrected chi connectivity index (χ2v) is 5.38. The fourth-order valence-corrected chi connectivity index (χ4v) is 1.42. The molecule has 2 atom stereocenters. The lowest BCUT2D eigenvalue weighted by Crippen LogP contribution is -2.37. The van der Waals surface area contributed by atoms with Gasteiger partial charge in [-0.15, -0.1) is 0 Å². The molecule has 0 aliphatic carbocycles. The van der Waals surface area contributed by atoms with Crippen LogP contribution in [0.25, 0.3) is 0 Å². The molecule has 0 aliphatic heterocycles. The normalized spacial score (nSPS) is 16.4. The van der Waals surface area contributed by atoms with Crippen molar-refractivity contribution in [2.24, 2.45) is 5.92 Å². The van der Waals surface area contributed by atoms with Crippen LogP contribution in [0.5, 0.6) is 5.75 Å². The summed E-state index contributed by atoms with van der Waals surface area (Å²) in [6, 6.07) is 8.30. The van der Waals surface area contributed by atoms with E-state index in [0.29, 0.717) is 12.6 Å². The Labute approximate surface area is 110 Å². The molecule has 0 aliphatic rings. The Hall–Kier alpha value is -1.06. The molecular weight excluding hydrogens is 226 g/mol. The number of hydrogen-bond donors (Lipinski definition) is 2. The van der Waals surface area contributed by atoms with Crippen LogP contribution >= 0.6 is 0 Å². The first-order valence-electron chi connectivity index (χ1n) is 6.49. The van der Waals surface area contributed by atoms with E-state index in [0.717, 1.165) is 5.75 Å². The molecule has 0 bridgehead atoms. The van der Waals surface area contributed by atoms with Gasteiger partial charge in [-0.1, -0.05) is 26.0 Å². The van der Waals surface area contributed by atoms with E-state index in [4.69, 9.17) is 4.74 Å².